The third-order valence-electron chi connectivity index (χ3n) is 3.34. The minimum absolute atomic E-state index is 0.164. The molecule has 1 rings (SSSR count). The molecule has 0 bridgehead atoms. The van der Waals surface area contributed by atoms with E-state index < -0.39 is 6.10 Å². The highest BCUT2D eigenvalue weighted by molar-refractivity contribution is 5.81. The summed E-state index contributed by atoms with van der Waals surface area (Å²) in [6.45, 7) is 1.68. The second-order valence-electron chi connectivity index (χ2n) is 5.09. The average Bonchev–Trinajstić information content (AvgIpc) is 2.44. The summed E-state index contributed by atoms with van der Waals surface area (Å²) in [5.74, 6) is 0.563. The number of likely N-dealkylation sites (N-methyl/N-ethyl adjacent to an activating group) is 1. The zero-order valence-electron chi connectivity index (χ0n) is 11.0. The highest BCUT2D eigenvalue weighted by Crippen LogP contribution is 2.20. The van der Waals surface area contributed by atoms with E-state index in [1.807, 2.05) is 11.9 Å². The predicted molar refractivity (Wildman–Crippen MR) is 67.0 cm³/mol. The number of hydrogen-bond acceptors (Lipinski definition) is 4. The van der Waals surface area contributed by atoms with Crippen molar-refractivity contribution in [2.24, 2.45) is 5.92 Å². The SMILES string of the molecule is COCC(O)CN(C)CC1CCCCCC1=O. The number of Topliss-reactive ketones (excluding diaryl/α,β-unsaturated/α-hetero) is 1. The molecule has 2 atom stereocenters. The minimum Gasteiger partial charge on any atom is -0.389 e. The molecule has 0 radical (unpaired) electrons. The maximum atomic E-state index is 11.8. The van der Waals surface area contributed by atoms with Gasteiger partial charge in [-0.2, -0.15) is 0 Å². The molecule has 0 aromatic heterocycles. The highest BCUT2D eigenvalue weighted by atomic mass is 16.5. The van der Waals surface area contributed by atoms with Gasteiger partial charge in [-0.25, -0.2) is 0 Å². The first-order valence-corrected chi connectivity index (χ1v) is 6.51. The van der Waals surface area contributed by atoms with E-state index in [2.05, 4.69) is 0 Å². The van der Waals surface area contributed by atoms with Crippen LogP contribution < -0.4 is 0 Å². The van der Waals surface area contributed by atoms with E-state index in [1.165, 1.54) is 6.42 Å². The van der Waals surface area contributed by atoms with E-state index in [9.17, 15) is 9.90 Å². The number of ether oxygens (including phenoxy) is 1. The van der Waals surface area contributed by atoms with Crippen molar-refractivity contribution in [1.82, 2.24) is 4.90 Å². The van der Waals surface area contributed by atoms with Crippen LogP contribution in [0.15, 0.2) is 0 Å². The lowest BCUT2D eigenvalue weighted by Crippen LogP contribution is -2.36. The van der Waals surface area contributed by atoms with E-state index in [1.54, 1.807) is 7.11 Å². The Labute approximate surface area is 104 Å². The van der Waals surface area contributed by atoms with Gasteiger partial charge in [0, 0.05) is 32.5 Å². The summed E-state index contributed by atoms with van der Waals surface area (Å²) in [6.07, 6.45) is 4.66. The summed E-state index contributed by atoms with van der Waals surface area (Å²) < 4.78 is 4.89. The zero-order chi connectivity index (χ0) is 12.7. The molecule has 1 fully saturated rings. The van der Waals surface area contributed by atoms with Crippen molar-refractivity contribution in [3.05, 3.63) is 0 Å². The molecular formula is C13H25NO3. The molecule has 0 amide bonds. The Kier molecular flexibility index (Phi) is 6.70. The molecule has 1 aliphatic rings. The Morgan fingerprint density at radius 3 is 2.94 bits per heavy atom. The molecule has 0 aromatic rings. The molecule has 100 valence electrons. The van der Waals surface area contributed by atoms with E-state index in [0.29, 0.717) is 18.9 Å². The van der Waals surface area contributed by atoms with Crippen LogP contribution in [0.2, 0.25) is 0 Å². The molecule has 0 spiro atoms. The first kappa shape index (κ1) is 14.6. The van der Waals surface area contributed by atoms with Crippen LogP contribution in [-0.4, -0.2) is 55.7 Å². The molecule has 0 aliphatic heterocycles. The quantitative estimate of drug-likeness (QED) is 0.709. The fourth-order valence-electron chi connectivity index (χ4n) is 2.48. The number of nitrogens with zero attached hydrogens (tertiary/aromatic N) is 1. The van der Waals surface area contributed by atoms with Gasteiger partial charge in [-0.15, -0.1) is 0 Å². The van der Waals surface area contributed by atoms with Crippen LogP contribution in [0.1, 0.15) is 32.1 Å². The Morgan fingerprint density at radius 1 is 1.47 bits per heavy atom. The van der Waals surface area contributed by atoms with Crippen molar-refractivity contribution in [3.8, 4) is 0 Å². The number of rotatable bonds is 6. The topological polar surface area (TPSA) is 49.8 Å². The standard InChI is InChI=1S/C13H25NO3/c1-14(9-12(15)10-17-2)8-11-6-4-3-5-7-13(11)16/h11-12,15H,3-10H2,1-2H3. The maximum Gasteiger partial charge on any atom is 0.137 e. The van der Waals surface area contributed by atoms with Crippen molar-refractivity contribution in [2.45, 2.75) is 38.2 Å². The molecule has 1 saturated carbocycles. The third-order valence-corrected chi connectivity index (χ3v) is 3.34. The van der Waals surface area contributed by atoms with Crippen molar-refractivity contribution >= 4 is 5.78 Å². The van der Waals surface area contributed by atoms with E-state index in [-0.39, 0.29) is 5.92 Å². The van der Waals surface area contributed by atoms with Crippen LogP contribution in [0.3, 0.4) is 0 Å². The molecule has 0 saturated heterocycles. The Morgan fingerprint density at radius 2 is 2.24 bits per heavy atom. The van der Waals surface area contributed by atoms with Gasteiger partial charge in [-0.1, -0.05) is 12.8 Å². The molecule has 17 heavy (non-hydrogen) atoms. The van der Waals surface area contributed by atoms with Crippen molar-refractivity contribution < 1.29 is 14.6 Å². The fourth-order valence-corrected chi connectivity index (χ4v) is 2.48. The zero-order valence-corrected chi connectivity index (χ0v) is 11.0. The monoisotopic (exact) mass is 243 g/mol. The molecule has 0 aromatic carbocycles. The Hall–Kier alpha value is -0.450. The van der Waals surface area contributed by atoms with Crippen LogP contribution in [0.4, 0.5) is 0 Å². The molecule has 4 nitrogen and oxygen atoms in total. The van der Waals surface area contributed by atoms with E-state index in [4.69, 9.17) is 4.74 Å². The largest absolute Gasteiger partial charge is 0.389 e. The normalized spacial score (nSPS) is 23.8. The van der Waals surface area contributed by atoms with E-state index in [0.717, 1.165) is 32.2 Å². The first-order valence-electron chi connectivity index (χ1n) is 6.51. The van der Waals surface area contributed by atoms with Crippen LogP contribution in [0, 0.1) is 5.92 Å². The van der Waals surface area contributed by atoms with Gasteiger partial charge in [-0.3, -0.25) is 4.79 Å². The number of carbonyl (C=O) groups is 1. The summed E-state index contributed by atoms with van der Waals surface area (Å²) in [6, 6.07) is 0. The molecule has 0 heterocycles. The van der Waals surface area contributed by atoms with Crippen LogP contribution in [-0.2, 0) is 9.53 Å². The summed E-state index contributed by atoms with van der Waals surface area (Å²) >= 11 is 0. The Bertz CT molecular complexity index is 233. The predicted octanol–water partition coefficient (Wildman–Crippen LogP) is 1.07. The van der Waals surface area contributed by atoms with Gasteiger partial charge >= 0.3 is 0 Å². The number of aliphatic hydroxyl groups excluding tert-OH is 1. The van der Waals surface area contributed by atoms with Crippen LogP contribution in [0.25, 0.3) is 0 Å². The van der Waals surface area contributed by atoms with Crippen LogP contribution in [0.5, 0.6) is 0 Å². The van der Waals surface area contributed by atoms with Crippen molar-refractivity contribution in [3.63, 3.8) is 0 Å². The first-order chi connectivity index (χ1) is 8.13. The second kappa shape index (κ2) is 7.80. The molecule has 2 unspecified atom stereocenters. The summed E-state index contributed by atoms with van der Waals surface area (Å²) in [5, 5.41) is 9.62. The fraction of sp³-hybridized carbons (Fsp3) is 0.923. The lowest BCUT2D eigenvalue weighted by Gasteiger charge is -2.24. The lowest BCUT2D eigenvalue weighted by atomic mass is 9.98. The van der Waals surface area contributed by atoms with Gasteiger partial charge in [0.2, 0.25) is 0 Å². The van der Waals surface area contributed by atoms with Gasteiger partial charge in [0.25, 0.3) is 0 Å². The molecule has 1 aliphatic carbocycles. The number of hydrogen-bond donors (Lipinski definition) is 1. The Balaban J connectivity index is 2.32. The van der Waals surface area contributed by atoms with E-state index >= 15 is 0 Å². The molecule has 1 N–H and O–H groups in total. The lowest BCUT2D eigenvalue weighted by molar-refractivity contribution is -0.123. The van der Waals surface area contributed by atoms with Gasteiger partial charge < -0.3 is 14.7 Å². The summed E-state index contributed by atoms with van der Waals surface area (Å²) in [4.78, 5) is 13.9. The van der Waals surface area contributed by atoms with Gasteiger partial charge in [0.05, 0.1) is 12.7 Å². The van der Waals surface area contributed by atoms with Crippen LogP contribution >= 0.6 is 0 Å². The number of carbonyl (C=O) groups excluding carboxylic acids is 1. The second-order valence-corrected chi connectivity index (χ2v) is 5.09. The van der Waals surface area contributed by atoms with Crippen molar-refractivity contribution in [1.29, 1.82) is 0 Å². The highest BCUT2D eigenvalue weighted by Gasteiger charge is 2.22. The van der Waals surface area contributed by atoms with Gasteiger partial charge in [-0.05, 0) is 19.9 Å². The van der Waals surface area contributed by atoms with Gasteiger partial charge in [0.15, 0.2) is 0 Å². The maximum absolute atomic E-state index is 11.8. The minimum atomic E-state index is -0.467. The number of ketones is 1. The summed E-state index contributed by atoms with van der Waals surface area (Å²) in [5.41, 5.74) is 0. The summed E-state index contributed by atoms with van der Waals surface area (Å²) in [7, 11) is 3.54. The smallest absolute Gasteiger partial charge is 0.137 e. The number of methoxy groups -OCH3 is 1. The third kappa shape index (κ3) is 5.61. The number of aliphatic hydroxyl groups is 1. The average molecular weight is 243 g/mol. The van der Waals surface area contributed by atoms with Crippen molar-refractivity contribution in [2.75, 3.05) is 33.9 Å². The molecule has 4 heteroatoms. The van der Waals surface area contributed by atoms with Gasteiger partial charge in [0.1, 0.15) is 5.78 Å². The molecular weight excluding hydrogens is 218 g/mol.